The summed E-state index contributed by atoms with van der Waals surface area (Å²) in [5.74, 6) is -2.38. The molecule has 4 amide bonds. The van der Waals surface area contributed by atoms with Crippen molar-refractivity contribution in [3.63, 3.8) is 0 Å². The van der Waals surface area contributed by atoms with Gasteiger partial charge in [-0.2, -0.15) is 9.36 Å². The third kappa shape index (κ3) is 10.9. The highest BCUT2D eigenvalue weighted by atomic mass is 32.1. The number of amides is 4. The number of ether oxygens (including phenoxy) is 1. The van der Waals surface area contributed by atoms with Gasteiger partial charge in [-0.05, 0) is 59.5 Å². The van der Waals surface area contributed by atoms with Crippen LogP contribution in [0.25, 0.3) is 20.9 Å². The number of aryl methyl sites for hydroxylation is 3. The van der Waals surface area contributed by atoms with E-state index in [4.69, 9.17) is 14.2 Å². The van der Waals surface area contributed by atoms with Crippen molar-refractivity contribution >= 4 is 57.8 Å². The van der Waals surface area contributed by atoms with Crippen molar-refractivity contribution in [1.82, 2.24) is 49.9 Å². The summed E-state index contributed by atoms with van der Waals surface area (Å²) in [5, 5.41) is 21.3. The molecule has 0 radical (unpaired) electrons. The number of aliphatic hydroxyl groups excluding tert-OH is 1. The van der Waals surface area contributed by atoms with Gasteiger partial charge in [-0.3, -0.25) is 19.2 Å². The van der Waals surface area contributed by atoms with Gasteiger partial charge in [0.25, 0.3) is 0 Å². The van der Waals surface area contributed by atoms with Crippen LogP contribution in [0.2, 0.25) is 0 Å². The summed E-state index contributed by atoms with van der Waals surface area (Å²) in [6.45, 7) is 13.9. The van der Waals surface area contributed by atoms with Crippen LogP contribution in [-0.4, -0.2) is 105 Å². The number of carbonyl (C=O) groups excluding carboxylic acids is 4. The van der Waals surface area contributed by atoms with Crippen molar-refractivity contribution in [3.05, 3.63) is 105 Å². The Bertz CT molecular complexity index is 2710. The molecule has 0 saturated carbocycles. The molecule has 2 aliphatic heterocycles. The number of carbonyl (C=O) groups is 4. The molecule has 2 saturated heterocycles. The molecule has 0 aliphatic carbocycles. The number of hydrogen-bond donors (Lipinski definition) is 3. The molecule has 0 unspecified atom stereocenters. The van der Waals surface area contributed by atoms with Gasteiger partial charge in [0.05, 0.1) is 44.4 Å². The first-order valence-corrected chi connectivity index (χ1v) is 25.3. The molecule has 2 aromatic carbocycles. The van der Waals surface area contributed by atoms with Crippen molar-refractivity contribution in [2.75, 3.05) is 13.1 Å². The van der Waals surface area contributed by atoms with Gasteiger partial charge in [-0.15, -0.1) is 22.7 Å². The SMILES string of the molecule is Cc1nc([C@H](C(=O)N2C[C@H](OCc3nc([C@H](C(=O)N4C[C@H](O)C[C@H]4C(=O)NCc4ccc(-c5scnc5C)cc4)C(C)C)ns3)C[C@H]2C(=O)NCc2ccc(-c3scnc3C)cc2)C(C)C)no1. The molecule has 6 heterocycles. The van der Waals surface area contributed by atoms with E-state index in [0.29, 0.717) is 16.7 Å². The van der Waals surface area contributed by atoms with Crippen LogP contribution in [0.15, 0.2) is 64.1 Å². The third-order valence-corrected chi connectivity index (χ3v) is 15.1. The average molecular weight is 981 g/mol. The van der Waals surface area contributed by atoms with E-state index in [1.165, 1.54) is 4.90 Å². The molecule has 20 heteroatoms. The number of aliphatic hydroxyl groups is 1. The fourth-order valence-corrected chi connectivity index (χ4v) is 11.1. The number of thiazole rings is 2. The number of rotatable bonds is 17. The number of benzene rings is 2. The molecule has 3 N–H and O–H groups in total. The van der Waals surface area contributed by atoms with E-state index in [0.717, 1.165) is 54.9 Å². The highest BCUT2D eigenvalue weighted by Crippen LogP contribution is 2.34. The zero-order valence-electron chi connectivity index (χ0n) is 39.0. The van der Waals surface area contributed by atoms with E-state index in [-0.39, 0.29) is 86.9 Å². The van der Waals surface area contributed by atoms with Gasteiger partial charge in [0, 0.05) is 45.9 Å². The van der Waals surface area contributed by atoms with Crippen molar-refractivity contribution in [2.45, 2.75) is 117 Å². The van der Waals surface area contributed by atoms with E-state index >= 15 is 0 Å². The third-order valence-electron chi connectivity index (χ3n) is 12.5. The first kappa shape index (κ1) is 48.6. The summed E-state index contributed by atoms with van der Waals surface area (Å²) in [6, 6.07) is 14.2. The Hall–Kier alpha value is -5.80. The van der Waals surface area contributed by atoms with Gasteiger partial charge in [0.2, 0.25) is 29.5 Å². The zero-order valence-corrected chi connectivity index (χ0v) is 41.5. The monoisotopic (exact) mass is 980 g/mol. The van der Waals surface area contributed by atoms with Crippen LogP contribution in [0.1, 0.15) is 97.4 Å². The average Bonchev–Trinajstić information content (AvgIpc) is 4.19. The molecule has 0 spiro atoms. The molecule has 2 fully saturated rings. The fourth-order valence-electron chi connectivity index (χ4n) is 8.86. The Morgan fingerprint density at radius 3 is 1.74 bits per heavy atom. The van der Waals surface area contributed by atoms with Crippen LogP contribution in [0.5, 0.6) is 0 Å². The molecule has 68 heavy (non-hydrogen) atoms. The maximum Gasteiger partial charge on any atom is 0.243 e. The second kappa shape index (κ2) is 21.2. The number of β-amino-alcohol motifs (C(OH)–C–C–N with tert-alkyl or cyclic N) is 1. The highest BCUT2D eigenvalue weighted by molar-refractivity contribution is 7.13. The number of nitrogens with one attached hydrogen (secondary N) is 2. The molecule has 6 aromatic rings. The Kier molecular flexibility index (Phi) is 15.2. The predicted octanol–water partition coefficient (Wildman–Crippen LogP) is 6.35. The summed E-state index contributed by atoms with van der Waals surface area (Å²) in [7, 11) is 0. The molecule has 2 aliphatic rings. The van der Waals surface area contributed by atoms with Crippen molar-refractivity contribution in [2.24, 2.45) is 11.8 Å². The minimum atomic E-state index is -0.865. The predicted molar refractivity (Wildman–Crippen MR) is 257 cm³/mol. The molecule has 358 valence electrons. The zero-order chi connectivity index (χ0) is 48.2. The summed E-state index contributed by atoms with van der Waals surface area (Å²) in [5.41, 5.74) is 9.47. The Labute approximate surface area is 406 Å². The molecule has 4 aromatic heterocycles. The fraction of sp³-hybridized carbons (Fsp3) is 0.458. The van der Waals surface area contributed by atoms with Crippen LogP contribution >= 0.6 is 34.2 Å². The smallest absolute Gasteiger partial charge is 0.243 e. The van der Waals surface area contributed by atoms with Crippen LogP contribution < -0.4 is 10.6 Å². The largest absolute Gasteiger partial charge is 0.391 e. The second-order valence-corrected chi connectivity index (χ2v) is 20.6. The van der Waals surface area contributed by atoms with Crippen LogP contribution in [0.4, 0.5) is 0 Å². The van der Waals surface area contributed by atoms with E-state index in [1.54, 1.807) is 34.5 Å². The quantitative estimate of drug-likeness (QED) is 0.0909. The Morgan fingerprint density at radius 1 is 0.735 bits per heavy atom. The molecular weight excluding hydrogens is 925 g/mol. The molecule has 0 bridgehead atoms. The second-order valence-electron chi connectivity index (χ2n) is 18.1. The first-order valence-electron chi connectivity index (χ1n) is 22.7. The van der Waals surface area contributed by atoms with E-state index < -0.39 is 36.1 Å². The highest BCUT2D eigenvalue weighted by Gasteiger charge is 2.45. The van der Waals surface area contributed by atoms with Crippen LogP contribution in [-0.2, 0) is 43.6 Å². The van der Waals surface area contributed by atoms with Gasteiger partial charge in [-0.25, -0.2) is 15.0 Å². The van der Waals surface area contributed by atoms with Crippen molar-refractivity contribution in [1.29, 1.82) is 0 Å². The Morgan fingerprint density at radius 2 is 1.25 bits per heavy atom. The topological polar surface area (TPSA) is 219 Å². The number of hydrogen-bond acceptors (Lipinski definition) is 16. The lowest BCUT2D eigenvalue weighted by molar-refractivity contribution is -0.140. The van der Waals surface area contributed by atoms with Gasteiger partial charge in [-0.1, -0.05) is 81.4 Å². The van der Waals surface area contributed by atoms with Gasteiger partial charge >= 0.3 is 0 Å². The standard InChI is InChI=1S/C48H56N10O7S3/c1-25(2)39(43-53-29(7)65-55-43)47(62)58-21-35(17-37(58)46(61)50-19-31-10-14-33(15-11-31)42-28(6)52-24-67-42)64-22-38-54-44(56-68-38)40(26(3)4)48(63)57-20-34(59)16-36(57)45(60)49-18-30-8-12-32(13-9-30)41-27(5)51-23-66-41/h8-15,23-26,34-37,39-40,59H,16-22H2,1-7H3,(H,49,60)(H,50,61)/t34-,35-,36+,37+,39-,40-/m1/s1. The summed E-state index contributed by atoms with van der Waals surface area (Å²) in [6.07, 6.45) is -1.05. The summed E-state index contributed by atoms with van der Waals surface area (Å²) in [4.78, 5) is 79.4. The molecule has 6 atom stereocenters. The molecule has 8 rings (SSSR count). The van der Waals surface area contributed by atoms with E-state index in [1.807, 2.05) is 101 Å². The lowest BCUT2D eigenvalue weighted by atomic mass is 9.93. The van der Waals surface area contributed by atoms with Gasteiger partial charge in [0.1, 0.15) is 35.5 Å². The first-order chi connectivity index (χ1) is 32.6. The number of nitrogens with zero attached hydrogens (tertiary/aromatic N) is 8. The maximum absolute atomic E-state index is 14.4. The Balaban J connectivity index is 0.915. The minimum Gasteiger partial charge on any atom is -0.391 e. The lowest BCUT2D eigenvalue weighted by Gasteiger charge is -2.28. The normalized spacial score (nSPS) is 19.2. The lowest BCUT2D eigenvalue weighted by Crippen LogP contribution is -2.48. The number of likely N-dealkylation sites (tertiary alicyclic amines) is 2. The minimum absolute atomic E-state index is 0.0122. The van der Waals surface area contributed by atoms with Crippen molar-refractivity contribution in [3.8, 4) is 20.9 Å². The molecule has 17 nitrogen and oxygen atoms in total. The van der Waals surface area contributed by atoms with Crippen molar-refractivity contribution < 1.29 is 33.5 Å². The van der Waals surface area contributed by atoms with Gasteiger partial charge in [0.15, 0.2) is 11.6 Å². The van der Waals surface area contributed by atoms with Gasteiger partial charge < -0.3 is 34.8 Å². The summed E-state index contributed by atoms with van der Waals surface area (Å²) >= 11 is 4.25. The van der Waals surface area contributed by atoms with E-state index in [9.17, 15) is 24.3 Å². The van der Waals surface area contributed by atoms with E-state index in [2.05, 4.69) is 35.1 Å². The van der Waals surface area contributed by atoms with Crippen LogP contribution in [0.3, 0.4) is 0 Å². The maximum atomic E-state index is 14.4. The van der Waals surface area contributed by atoms with Crippen LogP contribution in [0, 0.1) is 32.6 Å². The summed E-state index contributed by atoms with van der Waals surface area (Å²) < 4.78 is 16.2. The number of aromatic nitrogens is 6. The molecular formula is C48H56N10O7S3.